The van der Waals surface area contributed by atoms with Crippen LogP contribution in [-0.2, 0) is 14.8 Å². The second kappa shape index (κ2) is 8.20. The van der Waals surface area contributed by atoms with Gasteiger partial charge in [-0.05, 0) is 51.5 Å². The number of aromatic nitrogens is 2. The van der Waals surface area contributed by atoms with Gasteiger partial charge in [0.1, 0.15) is 6.67 Å². The van der Waals surface area contributed by atoms with E-state index in [1.807, 2.05) is 49.9 Å². The van der Waals surface area contributed by atoms with E-state index >= 15 is 0 Å². The van der Waals surface area contributed by atoms with Crippen LogP contribution in [0.15, 0.2) is 53.4 Å². The molecule has 0 radical (unpaired) electrons. The third-order valence-electron chi connectivity index (χ3n) is 5.00. The summed E-state index contributed by atoms with van der Waals surface area (Å²) in [5.74, 6) is 0.966. The van der Waals surface area contributed by atoms with E-state index in [2.05, 4.69) is 4.98 Å². The van der Waals surface area contributed by atoms with Crippen molar-refractivity contribution in [2.45, 2.75) is 38.2 Å². The molecule has 0 fully saturated rings. The zero-order valence-electron chi connectivity index (χ0n) is 17.4. The van der Waals surface area contributed by atoms with Crippen molar-refractivity contribution >= 4 is 32.7 Å². The Morgan fingerprint density at radius 2 is 1.63 bits per heavy atom. The van der Waals surface area contributed by atoms with Gasteiger partial charge in [-0.1, -0.05) is 29.8 Å². The van der Waals surface area contributed by atoms with E-state index in [-0.39, 0.29) is 17.7 Å². The molecule has 0 saturated heterocycles. The van der Waals surface area contributed by atoms with Crippen LogP contribution in [0.3, 0.4) is 0 Å². The Morgan fingerprint density at radius 1 is 1.00 bits per heavy atom. The maximum atomic E-state index is 13.4. The monoisotopic (exact) mass is 426 g/mol. The number of ether oxygens (including phenoxy) is 1. The van der Waals surface area contributed by atoms with Gasteiger partial charge in [0.2, 0.25) is 0 Å². The summed E-state index contributed by atoms with van der Waals surface area (Å²) in [5, 5.41) is 0. The lowest BCUT2D eigenvalue weighted by molar-refractivity contribution is 0.0780. The van der Waals surface area contributed by atoms with Crippen LogP contribution >= 0.6 is 0 Å². The zero-order chi connectivity index (χ0) is 21.3. The summed E-state index contributed by atoms with van der Waals surface area (Å²) in [6.07, 6.45) is 0.933. The molecule has 30 heavy (non-hydrogen) atoms. The van der Waals surface area contributed by atoms with Gasteiger partial charge in [-0.25, -0.2) is 22.7 Å². The maximum Gasteiger partial charge on any atom is 0.267 e. The van der Waals surface area contributed by atoms with Crippen LogP contribution in [0.4, 0.5) is 11.6 Å². The molecule has 7 nitrogen and oxygen atoms in total. The van der Waals surface area contributed by atoms with E-state index in [4.69, 9.17) is 9.72 Å². The van der Waals surface area contributed by atoms with Crippen LogP contribution in [0, 0.1) is 6.92 Å². The van der Waals surface area contributed by atoms with Crippen LogP contribution in [0.5, 0.6) is 0 Å². The number of sulfonamides is 1. The summed E-state index contributed by atoms with van der Waals surface area (Å²) in [4.78, 5) is 11.6. The average Bonchev–Trinajstić information content (AvgIpc) is 3.08. The van der Waals surface area contributed by atoms with Crippen molar-refractivity contribution in [2.24, 2.45) is 0 Å². The fourth-order valence-electron chi connectivity index (χ4n) is 3.43. The van der Waals surface area contributed by atoms with Gasteiger partial charge >= 0.3 is 0 Å². The second-order valence-corrected chi connectivity index (χ2v) is 9.57. The molecule has 0 unspecified atom stereocenters. The molecule has 0 aliphatic carbocycles. The Balaban J connectivity index is 1.70. The highest BCUT2D eigenvalue weighted by Gasteiger charge is 2.37. The molecule has 0 N–H and O–H groups in total. The number of rotatable bonds is 7. The molecular weight excluding hydrogens is 400 g/mol. The fraction of sp³-hybridized carbons (Fsp3) is 0.364. The van der Waals surface area contributed by atoms with E-state index in [0.717, 1.165) is 17.5 Å². The van der Waals surface area contributed by atoms with Gasteiger partial charge in [0.05, 0.1) is 22.0 Å². The molecule has 2 aromatic carbocycles. The highest BCUT2D eigenvalue weighted by Crippen LogP contribution is 2.37. The number of para-hydroxylation sites is 2. The molecule has 0 bridgehead atoms. The standard InChI is InChI=1S/C22H26N4O3S/c1-16(2)29-14-6-13-25-15-26(30(27,28)18-11-9-17(3)10-12-18)22-21(25)23-19-7-4-5-8-20(19)24-22/h4-5,7-12,16H,6,13-15H2,1-3H3. The van der Waals surface area contributed by atoms with Crippen molar-refractivity contribution in [2.75, 3.05) is 29.0 Å². The Kier molecular flexibility index (Phi) is 5.62. The molecule has 1 aromatic heterocycles. The summed E-state index contributed by atoms with van der Waals surface area (Å²) < 4.78 is 33.8. The van der Waals surface area contributed by atoms with Crippen molar-refractivity contribution in [3.63, 3.8) is 0 Å². The predicted octanol–water partition coefficient (Wildman–Crippen LogP) is 3.73. The van der Waals surface area contributed by atoms with Gasteiger partial charge in [-0.3, -0.25) is 0 Å². The lowest BCUT2D eigenvalue weighted by atomic mass is 10.2. The van der Waals surface area contributed by atoms with Gasteiger partial charge in [-0.15, -0.1) is 0 Å². The molecule has 0 saturated carbocycles. The molecule has 0 spiro atoms. The van der Waals surface area contributed by atoms with Crippen molar-refractivity contribution < 1.29 is 13.2 Å². The molecule has 1 aliphatic rings. The normalized spacial score (nSPS) is 14.0. The zero-order valence-corrected chi connectivity index (χ0v) is 18.3. The number of anilines is 2. The number of nitrogens with zero attached hydrogens (tertiary/aromatic N) is 4. The first-order chi connectivity index (χ1) is 14.4. The first kappa shape index (κ1) is 20.6. The number of hydrogen-bond donors (Lipinski definition) is 0. The predicted molar refractivity (Wildman–Crippen MR) is 118 cm³/mol. The number of benzene rings is 2. The lowest BCUT2D eigenvalue weighted by Crippen LogP contribution is -2.36. The van der Waals surface area contributed by atoms with Gasteiger partial charge in [-0.2, -0.15) is 0 Å². The van der Waals surface area contributed by atoms with E-state index in [0.29, 0.717) is 30.3 Å². The van der Waals surface area contributed by atoms with Crippen molar-refractivity contribution in [1.82, 2.24) is 9.97 Å². The Morgan fingerprint density at radius 3 is 2.27 bits per heavy atom. The number of fused-ring (bicyclic) bond motifs is 2. The third-order valence-corrected chi connectivity index (χ3v) is 6.74. The minimum Gasteiger partial charge on any atom is -0.379 e. The maximum absolute atomic E-state index is 13.4. The Bertz CT molecular complexity index is 1150. The first-order valence-electron chi connectivity index (χ1n) is 10.1. The second-order valence-electron chi connectivity index (χ2n) is 7.70. The molecule has 158 valence electrons. The average molecular weight is 427 g/mol. The van der Waals surface area contributed by atoms with Crippen LogP contribution in [0.2, 0.25) is 0 Å². The highest BCUT2D eigenvalue weighted by molar-refractivity contribution is 7.92. The van der Waals surface area contributed by atoms with E-state index < -0.39 is 10.0 Å². The number of hydrogen-bond acceptors (Lipinski definition) is 6. The molecule has 8 heteroatoms. The lowest BCUT2D eigenvalue weighted by Gasteiger charge is -2.21. The molecule has 4 rings (SSSR count). The van der Waals surface area contributed by atoms with Crippen LogP contribution < -0.4 is 9.21 Å². The van der Waals surface area contributed by atoms with Crippen LogP contribution in [0.1, 0.15) is 25.8 Å². The van der Waals surface area contributed by atoms with Crippen molar-refractivity contribution in [3.05, 3.63) is 54.1 Å². The van der Waals surface area contributed by atoms with Crippen LogP contribution in [0.25, 0.3) is 11.0 Å². The molecule has 3 aromatic rings. The molecule has 2 heterocycles. The fourth-order valence-corrected chi connectivity index (χ4v) is 4.80. The van der Waals surface area contributed by atoms with Crippen LogP contribution in [-0.4, -0.2) is 44.3 Å². The Labute approximate surface area is 177 Å². The van der Waals surface area contributed by atoms with Crippen molar-refractivity contribution in [1.29, 1.82) is 0 Å². The largest absolute Gasteiger partial charge is 0.379 e. The van der Waals surface area contributed by atoms with Gasteiger partial charge in [0, 0.05) is 13.2 Å². The summed E-state index contributed by atoms with van der Waals surface area (Å²) in [7, 11) is -3.76. The van der Waals surface area contributed by atoms with E-state index in [1.165, 1.54) is 4.31 Å². The van der Waals surface area contributed by atoms with Crippen molar-refractivity contribution in [3.8, 4) is 0 Å². The smallest absolute Gasteiger partial charge is 0.267 e. The third kappa shape index (κ3) is 3.97. The minimum absolute atomic E-state index is 0.165. The molecule has 0 amide bonds. The molecule has 0 atom stereocenters. The van der Waals surface area contributed by atoms with E-state index in [1.54, 1.807) is 24.3 Å². The quantitative estimate of drug-likeness (QED) is 0.536. The van der Waals surface area contributed by atoms with E-state index in [9.17, 15) is 8.42 Å². The minimum atomic E-state index is -3.76. The summed E-state index contributed by atoms with van der Waals surface area (Å²) in [6.45, 7) is 7.35. The van der Waals surface area contributed by atoms with Gasteiger partial charge in [0.15, 0.2) is 11.6 Å². The highest BCUT2D eigenvalue weighted by atomic mass is 32.2. The number of aryl methyl sites for hydroxylation is 1. The van der Waals surface area contributed by atoms with Gasteiger partial charge in [0.25, 0.3) is 10.0 Å². The topological polar surface area (TPSA) is 75.6 Å². The summed E-state index contributed by atoms with van der Waals surface area (Å²) in [5.41, 5.74) is 2.42. The molecule has 1 aliphatic heterocycles. The van der Waals surface area contributed by atoms with Gasteiger partial charge < -0.3 is 9.64 Å². The molecular formula is C22H26N4O3S. The summed E-state index contributed by atoms with van der Waals surface area (Å²) in [6, 6.07) is 14.4. The summed E-state index contributed by atoms with van der Waals surface area (Å²) >= 11 is 0. The SMILES string of the molecule is Cc1ccc(S(=O)(=O)N2CN(CCCOC(C)C)c3nc4ccccc4nc32)cc1. The first-order valence-corrected chi connectivity index (χ1v) is 11.5. The Hall–Kier alpha value is -2.71.